The zero-order valence-electron chi connectivity index (χ0n) is 27.6. The summed E-state index contributed by atoms with van der Waals surface area (Å²) >= 11 is -4.95. The van der Waals surface area contributed by atoms with Crippen LogP contribution in [0.15, 0.2) is 133 Å². The molecule has 6 aromatic rings. The molecule has 0 bridgehead atoms. The number of allylic oxidation sites excluding steroid dienone is 2. The third kappa shape index (κ3) is 3.93. The van der Waals surface area contributed by atoms with Crippen molar-refractivity contribution in [3.05, 3.63) is 156 Å². The molecule has 2 heteroatoms. The van der Waals surface area contributed by atoms with E-state index in [0.717, 1.165) is 0 Å². The summed E-state index contributed by atoms with van der Waals surface area (Å²) in [5, 5.41) is 5.19. The maximum absolute atomic E-state index is 4.95. The molecule has 46 heavy (non-hydrogen) atoms. The van der Waals surface area contributed by atoms with Crippen molar-refractivity contribution in [1.82, 2.24) is 0 Å². The first-order valence-electron chi connectivity index (χ1n) is 17.2. The van der Waals surface area contributed by atoms with Crippen molar-refractivity contribution in [3.63, 3.8) is 0 Å². The van der Waals surface area contributed by atoms with Gasteiger partial charge >= 0.3 is 272 Å². The van der Waals surface area contributed by atoms with Gasteiger partial charge in [-0.15, -0.1) is 0 Å². The zero-order chi connectivity index (χ0) is 31.8. The van der Waals surface area contributed by atoms with Gasteiger partial charge in [0.1, 0.15) is 0 Å². The molecule has 0 aromatic heterocycles. The van der Waals surface area contributed by atoms with Crippen LogP contribution < -0.4 is 0 Å². The van der Waals surface area contributed by atoms with Crippen LogP contribution in [0.1, 0.15) is 43.5 Å². The van der Waals surface area contributed by atoms with Crippen LogP contribution in [-0.2, 0) is 14.2 Å². The van der Waals surface area contributed by atoms with Crippen LogP contribution in [0.3, 0.4) is 0 Å². The molecule has 0 N–H and O–H groups in total. The van der Waals surface area contributed by atoms with Crippen LogP contribution in [0, 0.1) is 0 Å². The van der Waals surface area contributed by atoms with Crippen molar-refractivity contribution < 1.29 is 14.2 Å². The van der Waals surface area contributed by atoms with Crippen molar-refractivity contribution >= 4 is 40.6 Å². The number of hydrogen-bond donors (Lipinski definition) is 0. The first kappa shape index (κ1) is 29.8. The van der Waals surface area contributed by atoms with Crippen LogP contribution >= 0.6 is 0 Å². The molecular formula is C44H44HfSi. The SMILES string of the molecule is C[CH2][Hf]([CH3])([CH3])(=[SiH2])([CH2]C)([CH]1C=Cc2c(-c3ccc4ccccc4c3)cccc21)[CH]1C=Cc2c(-c3ccc4ccccc4c3)cccc21. The van der Waals surface area contributed by atoms with Gasteiger partial charge in [0.25, 0.3) is 0 Å². The Morgan fingerprint density at radius 2 is 0.913 bits per heavy atom. The minimum absolute atomic E-state index is 0.415. The van der Waals surface area contributed by atoms with Crippen molar-refractivity contribution in [2.45, 2.75) is 38.9 Å². The predicted octanol–water partition coefficient (Wildman–Crippen LogP) is 12.4. The van der Waals surface area contributed by atoms with Gasteiger partial charge in [0, 0.05) is 0 Å². The quantitative estimate of drug-likeness (QED) is 0.148. The second kappa shape index (κ2) is 9.27. The fourth-order valence-electron chi connectivity index (χ4n) is 9.58. The van der Waals surface area contributed by atoms with E-state index < -0.39 is 14.2 Å². The molecule has 0 saturated carbocycles. The third-order valence-corrected chi connectivity index (χ3v) is 77.4. The average molecular weight is 779 g/mol. The monoisotopic (exact) mass is 780 g/mol. The topological polar surface area (TPSA) is 0 Å². The molecular weight excluding hydrogens is 735 g/mol. The molecule has 2 unspecified atom stereocenters. The summed E-state index contributed by atoms with van der Waals surface area (Å²) in [6.07, 6.45) is 10.2. The fraction of sp³-hybridized carbons (Fsp3) is 0.182. The van der Waals surface area contributed by atoms with Crippen LogP contribution in [0.5, 0.6) is 0 Å². The van der Waals surface area contributed by atoms with Crippen LogP contribution in [0.2, 0.25) is 17.7 Å². The summed E-state index contributed by atoms with van der Waals surface area (Å²) in [7, 11) is 0. The normalized spacial score (nSPS) is 19.3. The Hall–Kier alpha value is -3.59. The van der Waals surface area contributed by atoms with Crippen molar-refractivity contribution in [2.75, 3.05) is 0 Å². The van der Waals surface area contributed by atoms with Gasteiger partial charge < -0.3 is 0 Å². The maximum atomic E-state index is 2.84. The van der Waals surface area contributed by atoms with E-state index in [2.05, 4.69) is 176 Å². The van der Waals surface area contributed by atoms with E-state index >= 15 is 0 Å². The Kier molecular flexibility index (Phi) is 6.00. The fourth-order valence-corrected chi connectivity index (χ4v) is 44.4. The molecule has 0 aliphatic heterocycles. The van der Waals surface area contributed by atoms with Gasteiger partial charge in [0.05, 0.1) is 0 Å². The molecule has 2 aliphatic rings. The molecule has 0 saturated heterocycles. The van der Waals surface area contributed by atoms with E-state index in [1.54, 1.807) is 0 Å². The third-order valence-electron chi connectivity index (χ3n) is 14.1. The van der Waals surface area contributed by atoms with Gasteiger partial charge in [-0.1, -0.05) is 0 Å². The first-order valence-corrected chi connectivity index (χ1v) is 41.9. The Bertz CT molecular complexity index is 2280. The van der Waals surface area contributed by atoms with E-state index in [4.69, 9.17) is 0 Å². The first-order chi connectivity index (χ1) is 22.0. The number of rotatable bonds is 6. The molecule has 0 fully saturated rings. The van der Waals surface area contributed by atoms with E-state index in [0.29, 0.717) is 7.35 Å². The standard InChI is InChI=1S/2C19H13.2C2H5.2CH3.Hf.H2Si/c2*1-2-6-16-13-17(12-11-14(16)5-1)19-10-4-8-15-7-3-9-18(15)19;2*1-2;;;;/h2*1-13H;2*1H2,2H3;2*1H3;;1H2. The summed E-state index contributed by atoms with van der Waals surface area (Å²) in [5.74, 6) is 0. The van der Waals surface area contributed by atoms with E-state index in [9.17, 15) is 0 Å². The van der Waals surface area contributed by atoms with E-state index in [-0.39, 0.29) is 0 Å². The summed E-state index contributed by atoms with van der Waals surface area (Å²) in [6.45, 7) is 7.55. The number of benzene rings is 6. The predicted molar refractivity (Wildman–Crippen MR) is 204 cm³/mol. The van der Waals surface area contributed by atoms with Crippen molar-refractivity contribution in [2.24, 2.45) is 0 Å². The molecule has 8 rings (SSSR count). The van der Waals surface area contributed by atoms with Gasteiger partial charge in [-0.05, 0) is 0 Å². The van der Waals surface area contributed by atoms with Crippen LogP contribution in [0.4, 0.5) is 0 Å². The van der Waals surface area contributed by atoms with Gasteiger partial charge in [-0.3, -0.25) is 0 Å². The second-order valence-electron chi connectivity index (χ2n) is 17.0. The van der Waals surface area contributed by atoms with Crippen LogP contribution in [0.25, 0.3) is 56.0 Å². The molecule has 2 atom stereocenters. The van der Waals surface area contributed by atoms with Crippen molar-refractivity contribution in [1.29, 1.82) is 0 Å². The Morgan fingerprint density at radius 3 is 1.33 bits per heavy atom. The Balaban J connectivity index is 1.30. The summed E-state index contributed by atoms with van der Waals surface area (Å²) in [4.78, 5) is 0. The van der Waals surface area contributed by atoms with Gasteiger partial charge in [0.15, 0.2) is 0 Å². The zero-order valence-corrected chi connectivity index (χ0v) is 32.6. The average Bonchev–Trinajstić information content (AvgIpc) is 3.76. The number of hydrogen-bond acceptors (Lipinski definition) is 0. The van der Waals surface area contributed by atoms with Gasteiger partial charge in [0.2, 0.25) is 0 Å². The summed E-state index contributed by atoms with van der Waals surface area (Å²) in [6, 6.07) is 45.5. The van der Waals surface area contributed by atoms with Gasteiger partial charge in [-0.25, -0.2) is 0 Å². The Labute approximate surface area is 270 Å². The summed E-state index contributed by atoms with van der Waals surface area (Å²) < 4.78 is 8.95. The minimum atomic E-state index is -4.95. The van der Waals surface area contributed by atoms with Gasteiger partial charge in [-0.2, -0.15) is 0 Å². The molecule has 0 spiro atoms. The molecule has 0 nitrogen and oxygen atoms in total. The second-order valence-corrected chi connectivity index (χ2v) is 95.6. The molecule has 6 aromatic carbocycles. The molecule has 0 radical (unpaired) electrons. The summed E-state index contributed by atoms with van der Waals surface area (Å²) in [5.41, 5.74) is 11.2. The molecule has 228 valence electrons. The van der Waals surface area contributed by atoms with E-state index in [1.165, 1.54) is 74.4 Å². The molecule has 0 heterocycles. The van der Waals surface area contributed by atoms with Crippen LogP contribution in [-0.4, -0.2) is 6.94 Å². The van der Waals surface area contributed by atoms with E-state index in [1.807, 2.05) is 0 Å². The Morgan fingerprint density at radius 1 is 0.500 bits per heavy atom. The molecule has 2 aliphatic carbocycles. The van der Waals surface area contributed by atoms with Crippen molar-refractivity contribution in [3.8, 4) is 22.3 Å². The molecule has 0 amide bonds. The number of fused-ring (bicyclic) bond motifs is 4.